The van der Waals surface area contributed by atoms with Crippen LogP contribution in [0.1, 0.15) is 0 Å². The molecule has 46 heavy (non-hydrogen) atoms. The monoisotopic (exact) mass is 586 g/mol. The van der Waals surface area contributed by atoms with E-state index >= 15 is 0 Å². The van der Waals surface area contributed by atoms with Gasteiger partial charge in [0.15, 0.2) is 0 Å². The molecule has 0 saturated carbocycles. The van der Waals surface area contributed by atoms with Crippen molar-refractivity contribution in [3.63, 3.8) is 0 Å². The van der Waals surface area contributed by atoms with Gasteiger partial charge in [-0.15, -0.1) is 0 Å². The van der Waals surface area contributed by atoms with Crippen LogP contribution in [-0.4, -0.2) is 0 Å². The molecule has 0 heterocycles. The van der Waals surface area contributed by atoms with Crippen molar-refractivity contribution in [1.29, 1.82) is 0 Å². The molecule has 0 amide bonds. The lowest BCUT2D eigenvalue weighted by molar-refractivity contribution is 1.30. The minimum atomic E-state index is 1.13. The van der Waals surface area contributed by atoms with Crippen LogP contribution >= 0.6 is 0 Å². The summed E-state index contributed by atoms with van der Waals surface area (Å²) in [5, 5.41) is 4.99. The van der Waals surface area contributed by atoms with E-state index in [1.807, 2.05) is 0 Å². The van der Waals surface area contributed by atoms with Crippen molar-refractivity contribution in [2.45, 2.75) is 0 Å². The highest BCUT2D eigenvalue weighted by Gasteiger charge is 2.31. The van der Waals surface area contributed by atoms with Crippen molar-refractivity contribution < 1.29 is 0 Å². The number of benzene rings is 8. The Bertz CT molecular complexity index is 2270. The maximum atomic E-state index is 2.44. The molecular weight excluding hydrogens is 556 g/mol. The van der Waals surface area contributed by atoms with Gasteiger partial charge in [0, 0.05) is 39.1 Å². The van der Waals surface area contributed by atoms with E-state index in [0.717, 1.165) is 22.7 Å². The van der Waals surface area contributed by atoms with Crippen LogP contribution in [0, 0.1) is 0 Å². The number of hydrogen-bond acceptors (Lipinski definition) is 2. The van der Waals surface area contributed by atoms with Crippen LogP contribution in [0.4, 0.5) is 34.1 Å². The maximum absolute atomic E-state index is 2.44. The zero-order valence-corrected chi connectivity index (χ0v) is 25.2. The lowest BCUT2D eigenvalue weighted by Crippen LogP contribution is -2.11. The standard InChI is InChI=1S/C44H30N2/c1-5-17-32(18-6-1)45(33-19-7-2-8-20-33)41-29-28-37-40-30-31-16-13-14-25-36(31)44(43(40)39-27-15-26-38(41)42(37)39)46(34-21-9-3-10-22-34)35-23-11-4-12-24-35/h1-30H. The fourth-order valence-electron chi connectivity index (χ4n) is 7.21. The lowest BCUT2D eigenvalue weighted by Gasteiger charge is -2.29. The molecule has 8 aromatic rings. The van der Waals surface area contributed by atoms with E-state index < -0.39 is 0 Å². The zero-order valence-electron chi connectivity index (χ0n) is 25.2. The van der Waals surface area contributed by atoms with Gasteiger partial charge in [-0.3, -0.25) is 0 Å². The molecule has 8 aromatic carbocycles. The normalized spacial score (nSPS) is 11.5. The summed E-state index contributed by atoms with van der Waals surface area (Å²) < 4.78 is 0. The Kier molecular flexibility index (Phi) is 6.17. The van der Waals surface area contributed by atoms with E-state index in [9.17, 15) is 0 Å². The Morgan fingerprint density at radius 2 is 0.826 bits per heavy atom. The van der Waals surface area contributed by atoms with E-state index in [1.165, 1.54) is 55.2 Å². The highest BCUT2D eigenvalue weighted by Crippen LogP contribution is 2.57. The molecule has 2 heteroatoms. The molecule has 1 aliphatic rings. The molecule has 0 radical (unpaired) electrons. The quantitative estimate of drug-likeness (QED) is 0.191. The molecule has 0 unspecified atom stereocenters. The summed E-state index contributed by atoms with van der Waals surface area (Å²) in [6.45, 7) is 0. The fraction of sp³-hybridized carbons (Fsp3) is 0. The second-order valence-corrected chi connectivity index (χ2v) is 11.7. The second-order valence-electron chi connectivity index (χ2n) is 11.7. The molecule has 1 aliphatic carbocycles. The second kappa shape index (κ2) is 10.8. The zero-order chi connectivity index (χ0) is 30.5. The molecule has 0 aromatic heterocycles. The number of fused-ring (bicyclic) bond motifs is 4. The average molecular weight is 587 g/mol. The van der Waals surface area contributed by atoms with Gasteiger partial charge in [0.2, 0.25) is 0 Å². The smallest absolute Gasteiger partial charge is 0.0624 e. The SMILES string of the molecule is c1ccc(N(c2ccccc2)c2c3c(cc4ccccc24)-c2ccc(N(c4ccccc4)c4ccccc4)c4cccc-3c24)cc1. The molecule has 216 valence electrons. The highest BCUT2D eigenvalue weighted by atomic mass is 15.2. The van der Waals surface area contributed by atoms with E-state index in [2.05, 4.69) is 192 Å². The highest BCUT2D eigenvalue weighted by molar-refractivity contribution is 6.25. The molecule has 0 N–H and O–H groups in total. The Morgan fingerprint density at radius 3 is 1.41 bits per heavy atom. The van der Waals surface area contributed by atoms with Gasteiger partial charge in [0.05, 0.1) is 11.4 Å². The van der Waals surface area contributed by atoms with Crippen LogP contribution in [0.25, 0.3) is 43.8 Å². The molecule has 0 fully saturated rings. The summed E-state index contributed by atoms with van der Waals surface area (Å²) in [5.41, 5.74) is 12.0. The molecule has 0 atom stereocenters. The van der Waals surface area contributed by atoms with Crippen LogP contribution in [0.5, 0.6) is 0 Å². The van der Waals surface area contributed by atoms with Crippen LogP contribution in [0.15, 0.2) is 182 Å². The lowest BCUT2D eigenvalue weighted by atomic mass is 9.94. The first-order valence-corrected chi connectivity index (χ1v) is 15.8. The molecule has 0 aliphatic heterocycles. The Morgan fingerprint density at radius 1 is 0.326 bits per heavy atom. The van der Waals surface area contributed by atoms with E-state index in [1.54, 1.807) is 0 Å². The third kappa shape index (κ3) is 4.12. The molecule has 2 nitrogen and oxygen atoms in total. The summed E-state index contributed by atoms with van der Waals surface area (Å²) >= 11 is 0. The first-order chi connectivity index (χ1) is 22.9. The van der Waals surface area contributed by atoms with Crippen LogP contribution in [0.3, 0.4) is 0 Å². The summed E-state index contributed by atoms with van der Waals surface area (Å²) in [4.78, 5) is 4.82. The molecule has 0 saturated heterocycles. The van der Waals surface area contributed by atoms with Crippen molar-refractivity contribution in [3.8, 4) is 22.3 Å². The Labute approximate surface area is 269 Å². The largest absolute Gasteiger partial charge is 0.310 e. The molecular formula is C44H30N2. The third-order valence-corrected chi connectivity index (χ3v) is 9.12. The average Bonchev–Trinajstić information content (AvgIpc) is 3.45. The van der Waals surface area contributed by atoms with Crippen LogP contribution < -0.4 is 9.80 Å². The van der Waals surface area contributed by atoms with Crippen molar-refractivity contribution >= 4 is 55.7 Å². The van der Waals surface area contributed by atoms with Crippen molar-refractivity contribution in [2.75, 3.05) is 9.80 Å². The van der Waals surface area contributed by atoms with Crippen LogP contribution in [0.2, 0.25) is 0 Å². The van der Waals surface area contributed by atoms with Gasteiger partial charge in [-0.05, 0) is 88.1 Å². The van der Waals surface area contributed by atoms with Gasteiger partial charge in [0.1, 0.15) is 0 Å². The molecule has 9 rings (SSSR count). The number of para-hydroxylation sites is 4. The Hall–Kier alpha value is -6.12. The van der Waals surface area contributed by atoms with Gasteiger partial charge >= 0.3 is 0 Å². The van der Waals surface area contributed by atoms with Gasteiger partial charge in [-0.1, -0.05) is 121 Å². The first-order valence-electron chi connectivity index (χ1n) is 15.8. The number of hydrogen-bond donors (Lipinski definition) is 0. The summed E-state index contributed by atoms with van der Waals surface area (Å²) in [6, 6.07) is 65.5. The minimum absolute atomic E-state index is 1.13. The van der Waals surface area contributed by atoms with E-state index in [-0.39, 0.29) is 0 Å². The molecule has 0 bridgehead atoms. The van der Waals surface area contributed by atoms with Crippen LogP contribution in [-0.2, 0) is 0 Å². The van der Waals surface area contributed by atoms with Gasteiger partial charge in [-0.25, -0.2) is 0 Å². The van der Waals surface area contributed by atoms with E-state index in [4.69, 9.17) is 0 Å². The maximum Gasteiger partial charge on any atom is 0.0624 e. The van der Waals surface area contributed by atoms with Crippen molar-refractivity contribution in [3.05, 3.63) is 182 Å². The number of anilines is 6. The summed E-state index contributed by atoms with van der Waals surface area (Å²) in [6.07, 6.45) is 0. The van der Waals surface area contributed by atoms with Crippen molar-refractivity contribution in [2.24, 2.45) is 0 Å². The summed E-state index contributed by atoms with van der Waals surface area (Å²) in [7, 11) is 0. The molecule has 0 spiro atoms. The number of nitrogens with zero attached hydrogens (tertiary/aromatic N) is 2. The fourth-order valence-corrected chi connectivity index (χ4v) is 7.21. The first kappa shape index (κ1) is 26.3. The van der Waals surface area contributed by atoms with Gasteiger partial charge < -0.3 is 9.80 Å². The number of rotatable bonds is 6. The van der Waals surface area contributed by atoms with E-state index in [0.29, 0.717) is 0 Å². The summed E-state index contributed by atoms with van der Waals surface area (Å²) in [5.74, 6) is 0. The van der Waals surface area contributed by atoms with Crippen molar-refractivity contribution in [1.82, 2.24) is 0 Å². The van der Waals surface area contributed by atoms with Gasteiger partial charge in [0.25, 0.3) is 0 Å². The van der Waals surface area contributed by atoms with Gasteiger partial charge in [-0.2, -0.15) is 0 Å². The minimum Gasteiger partial charge on any atom is -0.310 e. The third-order valence-electron chi connectivity index (χ3n) is 9.12. The Balaban J connectivity index is 1.36. The predicted molar refractivity (Wildman–Crippen MR) is 195 cm³/mol. The predicted octanol–water partition coefficient (Wildman–Crippen LogP) is 12.6. The topological polar surface area (TPSA) is 6.48 Å².